The largest absolute Gasteiger partial charge is 0.193 e. The predicted octanol–water partition coefficient (Wildman–Crippen LogP) is 6.63. The van der Waals surface area contributed by atoms with Gasteiger partial charge in [-0.15, -0.1) is 11.5 Å². The van der Waals surface area contributed by atoms with E-state index in [4.69, 9.17) is 5.26 Å². The molecular formula is C20H35NSi. The summed E-state index contributed by atoms with van der Waals surface area (Å²) in [6.45, 7) is 14.2. The Hall–Kier alpha value is -0.993. The fraction of sp³-hybridized carbons (Fsp3) is 0.750. The summed E-state index contributed by atoms with van der Waals surface area (Å²) in [5, 5.41) is 8.40. The van der Waals surface area contributed by atoms with E-state index in [2.05, 4.69) is 53.0 Å². The normalized spacial score (nSPS) is 12.0. The van der Waals surface area contributed by atoms with Gasteiger partial charge in [0, 0.05) is 12.5 Å². The molecule has 0 fully saturated rings. The van der Waals surface area contributed by atoms with Gasteiger partial charge in [0.25, 0.3) is 0 Å². The number of rotatable bonds is 9. The van der Waals surface area contributed by atoms with E-state index in [1.165, 1.54) is 25.7 Å². The minimum atomic E-state index is -1.52. The summed E-state index contributed by atoms with van der Waals surface area (Å²) in [5.74, 6) is 3.54. The monoisotopic (exact) mass is 317 g/mol. The molecule has 0 heterocycles. The van der Waals surface area contributed by atoms with Crippen molar-refractivity contribution in [2.45, 2.75) is 96.7 Å². The number of hydrogen-bond acceptors (Lipinski definition) is 1. The van der Waals surface area contributed by atoms with E-state index in [1.807, 2.05) is 12.1 Å². The van der Waals surface area contributed by atoms with Crippen LogP contribution in [0.2, 0.25) is 16.6 Å². The maximum absolute atomic E-state index is 8.40. The first-order valence-corrected chi connectivity index (χ1v) is 11.2. The molecule has 0 unspecified atom stereocenters. The molecule has 0 aromatic rings. The Kier molecular flexibility index (Phi) is 11.0. The van der Waals surface area contributed by atoms with E-state index in [9.17, 15) is 0 Å². The first kappa shape index (κ1) is 21.0. The van der Waals surface area contributed by atoms with Crippen LogP contribution >= 0.6 is 0 Å². The van der Waals surface area contributed by atoms with Crippen LogP contribution in [0.3, 0.4) is 0 Å². The van der Waals surface area contributed by atoms with Gasteiger partial charge in [-0.2, -0.15) is 5.26 Å². The molecule has 0 amide bonds. The summed E-state index contributed by atoms with van der Waals surface area (Å²) in [4.78, 5) is 0. The Morgan fingerprint density at radius 3 is 1.91 bits per heavy atom. The number of hydrogen-bond donors (Lipinski definition) is 0. The minimum Gasteiger partial charge on any atom is -0.193 e. The van der Waals surface area contributed by atoms with Gasteiger partial charge in [0.05, 0.1) is 6.07 Å². The average Bonchev–Trinajstić information content (AvgIpc) is 2.43. The van der Waals surface area contributed by atoms with Crippen molar-refractivity contribution < 1.29 is 0 Å². The molecule has 22 heavy (non-hydrogen) atoms. The number of nitrogens with zero attached hydrogens (tertiary/aromatic N) is 1. The van der Waals surface area contributed by atoms with E-state index in [-0.39, 0.29) is 0 Å². The average molecular weight is 318 g/mol. The molecule has 0 saturated heterocycles. The second-order valence-electron chi connectivity index (χ2n) is 7.18. The smallest absolute Gasteiger partial charge is 0.145 e. The van der Waals surface area contributed by atoms with E-state index in [0.717, 1.165) is 29.5 Å². The van der Waals surface area contributed by atoms with Gasteiger partial charge in [-0.25, -0.2) is 0 Å². The molecule has 0 radical (unpaired) electrons. The second kappa shape index (κ2) is 11.6. The lowest BCUT2D eigenvalue weighted by atomic mass is 10.1. The van der Waals surface area contributed by atoms with E-state index in [1.54, 1.807) is 6.08 Å². The van der Waals surface area contributed by atoms with Gasteiger partial charge in [-0.05, 0) is 35.9 Å². The van der Waals surface area contributed by atoms with Crippen LogP contribution in [-0.4, -0.2) is 8.07 Å². The highest BCUT2D eigenvalue weighted by atomic mass is 28.3. The molecule has 0 aromatic heterocycles. The zero-order valence-electron chi connectivity index (χ0n) is 15.6. The fourth-order valence-electron chi connectivity index (χ4n) is 3.61. The van der Waals surface area contributed by atoms with Crippen LogP contribution in [0.25, 0.3) is 0 Å². The van der Waals surface area contributed by atoms with Gasteiger partial charge in [0.1, 0.15) is 8.07 Å². The van der Waals surface area contributed by atoms with Crippen molar-refractivity contribution in [1.82, 2.24) is 0 Å². The van der Waals surface area contributed by atoms with Gasteiger partial charge in [0.15, 0.2) is 0 Å². The maximum Gasteiger partial charge on any atom is 0.145 e. The highest BCUT2D eigenvalue weighted by Gasteiger charge is 2.41. The molecule has 0 saturated carbocycles. The third kappa shape index (κ3) is 6.84. The van der Waals surface area contributed by atoms with Crippen molar-refractivity contribution in [3.63, 3.8) is 0 Å². The van der Waals surface area contributed by atoms with Crippen molar-refractivity contribution >= 4 is 8.07 Å². The number of unbranched alkanes of at least 4 members (excludes halogenated alkanes) is 5. The van der Waals surface area contributed by atoms with Crippen LogP contribution in [0.5, 0.6) is 0 Å². The lowest BCUT2D eigenvalue weighted by molar-refractivity contribution is 0.656. The van der Waals surface area contributed by atoms with Gasteiger partial charge in [-0.1, -0.05) is 60.5 Å². The molecule has 0 spiro atoms. The third-order valence-electron chi connectivity index (χ3n) is 4.79. The van der Waals surface area contributed by atoms with Crippen LogP contribution in [0.4, 0.5) is 0 Å². The van der Waals surface area contributed by atoms with E-state index in [0.29, 0.717) is 0 Å². The lowest BCUT2D eigenvalue weighted by Crippen LogP contribution is -2.43. The zero-order chi connectivity index (χ0) is 17.0. The first-order chi connectivity index (χ1) is 10.4. The maximum atomic E-state index is 8.40. The predicted molar refractivity (Wildman–Crippen MR) is 101 cm³/mol. The van der Waals surface area contributed by atoms with Gasteiger partial charge < -0.3 is 0 Å². The fourth-order valence-corrected chi connectivity index (χ4v) is 8.91. The summed E-state index contributed by atoms with van der Waals surface area (Å²) in [6.07, 6.45) is 10.5. The van der Waals surface area contributed by atoms with Crippen LogP contribution < -0.4 is 0 Å². The summed E-state index contributed by atoms with van der Waals surface area (Å²) < 4.78 is 0. The van der Waals surface area contributed by atoms with Crippen LogP contribution in [0.15, 0.2) is 12.2 Å². The van der Waals surface area contributed by atoms with Crippen molar-refractivity contribution in [3.8, 4) is 17.5 Å². The summed E-state index contributed by atoms with van der Waals surface area (Å²) in [6, 6.07) is 2.03. The molecule has 0 aliphatic rings. The molecule has 0 rings (SSSR count). The molecule has 2 heteroatoms. The highest BCUT2D eigenvalue weighted by molar-refractivity contribution is 6.90. The first-order valence-electron chi connectivity index (χ1n) is 8.94. The van der Waals surface area contributed by atoms with Crippen molar-refractivity contribution in [3.05, 3.63) is 12.2 Å². The van der Waals surface area contributed by atoms with Crippen molar-refractivity contribution in [1.29, 1.82) is 5.26 Å². The summed E-state index contributed by atoms with van der Waals surface area (Å²) >= 11 is 0. The molecule has 0 aliphatic carbocycles. The molecular weight excluding hydrogens is 282 g/mol. The topological polar surface area (TPSA) is 23.8 Å². The quantitative estimate of drug-likeness (QED) is 0.203. The SMILES string of the molecule is CC(C)[Si](C#CCCCCCC/C=C\C#N)(C(C)C)C(C)C. The van der Waals surface area contributed by atoms with E-state index < -0.39 is 8.07 Å². The lowest BCUT2D eigenvalue weighted by Gasteiger charge is -2.38. The molecule has 0 aromatic carbocycles. The zero-order valence-corrected chi connectivity index (χ0v) is 16.6. The van der Waals surface area contributed by atoms with Crippen molar-refractivity contribution in [2.75, 3.05) is 0 Å². The molecule has 0 aliphatic heterocycles. The second-order valence-corrected chi connectivity index (χ2v) is 12.8. The Labute approximate surface area is 140 Å². The van der Waals surface area contributed by atoms with Crippen LogP contribution in [-0.2, 0) is 0 Å². The molecule has 0 atom stereocenters. The molecule has 1 nitrogen and oxygen atoms in total. The van der Waals surface area contributed by atoms with E-state index >= 15 is 0 Å². The molecule has 124 valence electrons. The van der Waals surface area contributed by atoms with Gasteiger partial charge in [0.2, 0.25) is 0 Å². The summed E-state index contributed by atoms with van der Waals surface area (Å²) in [5.41, 5.74) is 5.98. The standard InChI is InChI=1S/C20H35NSi/c1-18(2)22(19(3)4,20(5)6)17-15-13-11-9-7-8-10-12-14-16-21/h12,14,18-20H,7-11,13H2,1-6H3/b14-12-. The van der Waals surface area contributed by atoms with Crippen molar-refractivity contribution in [2.24, 2.45) is 0 Å². The van der Waals surface area contributed by atoms with Gasteiger partial charge in [-0.3, -0.25) is 0 Å². The number of nitriles is 1. The Morgan fingerprint density at radius 2 is 1.41 bits per heavy atom. The van der Waals surface area contributed by atoms with Gasteiger partial charge >= 0.3 is 0 Å². The Morgan fingerprint density at radius 1 is 0.864 bits per heavy atom. The Balaban J connectivity index is 4.25. The number of allylic oxidation sites excluding steroid dienone is 2. The Bertz CT molecular complexity index is 393. The van der Waals surface area contributed by atoms with Crippen LogP contribution in [0, 0.1) is 22.8 Å². The summed E-state index contributed by atoms with van der Waals surface area (Å²) in [7, 11) is -1.52. The molecule has 0 N–H and O–H groups in total. The molecule has 0 bridgehead atoms. The minimum absolute atomic E-state index is 0.729. The highest BCUT2D eigenvalue weighted by Crippen LogP contribution is 2.40. The van der Waals surface area contributed by atoms with Crippen LogP contribution in [0.1, 0.15) is 80.1 Å². The third-order valence-corrected chi connectivity index (χ3v) is 11.1.